The molecule has 2 amide bonds. The van der Waals surface area contributed by atoms with Crippen molar-refractivity contribution in [3.63, 3.8) is 0 Å². The van der Waals surface area contributed by atoms with Crippen LogP contribution >= 0.6 is 0 Å². The monoisotopic (exact) mass is 317 g/mol. The summed E-state index contributed by atoms with van der Waals surface area (Å²) in [5.41, 5.74) is 1.20. The summed E-state index contributed by atoms with van der Waals surface area (Å²) in [6.07, 6.45) is 2.27. The van der Waals surface area contributed by atoms with Gasteiger partial charge in [0.05, 0.1) is 0 Å². The Morgan fingerprint density at radius 1 is 1.09 bits per heavy atom. The topological polar surface area (TPSA) is 70.2 Å². The molecule has 1 unspecified atom stereocenters. The fourth-order valence-electron chi connectivity index (χ4n) is 2.47. The molecule has 1 atom stereocenters. The summed E-state index contributed by atoms with van der Waals surface area (Å²) in [5, 5.41) is 9.18. The molecular formula is C18H27N3O2. The van der Waals surface area contributed by atoms with Gasteiger partial charge in [0.2, 0.25) is 0 Å². The maximum absolute atomic E-state index is 12.1. The molecule has 2 rings (SSSR count). The predicted molar refractivity (Wildman–Crippen MR) is 91.6 cm³/mol. The van der Waals surface area contributed by atoms with Crippen molar-refractivity contribution in [2.24, 2.45) is 5.41 Å². The van der Waals surface area contributed by atoms with Crippen molar-refractivity contribution in [3.05, 3.63) is 35.4 Å². The van der Waals surface area contributed by atoms with Gasteiger partial charge < -0.3 is 16.0 Å². The molecule has 3 N–H and O–H groups in total. The number of hydrogen-bond acceptors (Lipinski definition) is 3. The quantitative estimate of drug-likeness (QED) is 0.777. The standard InChI is InChI=1S/C18H27N3O2/c1-18(2,3)12-21-17(23)14-8-6-13(7-9-14)16(22)20-11-15-5-4-10-19-15/h6-9,15,19H,4-5,10-12H2,1-3H3,(H,20,22)(H,21,23). The Morgan fingerprint density at radius 3 is 2.13 bits per heavy atom. The molecule has 1 aliphatic rings. The molecule has 1 saturated heterocycles. The van der Waals surface area contributed by atoms with Gasteiger partial charge in [-0.1, -0.05) is 20.8 Å². The van der Waals surface area contributed by atoms with Gasteiger partial charge in [-0.2, -0.15) is 0 Å². The van der Waals surface area contributed by atoms with E-state index in [2.05, 4.69) is 36.7 Å². The second-order valence-corrected chi connectivity index (χ2v) is 7.32. The van der Waals surface area contributed by atoms with Gasteiger partial charge in [-0.15, -0.1) is 0 Å². The first-order valence-corrected chi connectivity index (χ1v) is 8.25. The van der Waals surface area contributed by atoms with Gasteiger partial charge in [0.15, 0.2) is 0 Å². The average molecular weight is 317 g/mol. The first-order valence-electron chi connectivity index (χ1n) is 8.25. The lowest BCUT2D eigenvalue weighted by molar-refractivity contribution is 0.0932. The lowest BCUT2D eigenvalue weighted by Gasteiger charge is -2.18. The zero-order valence-corrected chi connectivity index (χ0v) is 14.2. The van der Waals surface area contributed by atoms with E-state index in [-0.39, 0.29) is 17.2 Å². The van der Waals surface area contributed by atoms with Crippen molar-refractivity contribution in [2.45, 2.75) is 39.7 Å². The molecule has 23 heavy (non-hydrogen) atoms. The zero-order valence-electron chi connectivity index (χ0n) is 14.2. The molecule has 1 aromatic rings. The molecule has 0 aliphatic carbocycles. The van der Waals surface area contributed by atoms with Crippen molar-refractivity contribution < 1.29 is 9.59 Å². The first-order chi connectivity index (χ1) is 10.8. The minimum Gasteiger partial charge on any atom is -0.352 e. The highest BCUT2D eigenvalue weighted by atomic mass is 16.2. The first kappa shape index (κ1) is 17.5. The van der Waals surface area contributed by atoms with Crippen LogP contribution in [0, 0.1) is 5.41 Å². The smallest absolute Gasteiger partial charge is 0.251 e. The third kappa shape index (κ3) is 5.67. The minimum absolute atomic E-state index is 0.0454. The summed E-state index contributed by atoms with van der Waals surface area (Å²) in [6.45, 7) is 8.49. The Morgan fingerprint density at radius 2 is 1.65 bits per heavy atom. The second kappa shape index (κ2) is 7.59. The van der Waals surface area contributed by atoms with Crippen molar-refractivity contribution in [1.29, 1.82) is 0 Å². The fraction of sp³-hybridized carbons (Fsp3) is 0.556. The molecule has 1 aliphatic heterocycles. The van der Waals surface area contributed by atoms with E-state index in [0.717, 1.165) is 13.0 Å². The predicted octanol–water partition coefficient (Wildman–Crippen LogP) is 1.94. The van der Waals surface area contributed by atoms with Gasteiger partial charge in [0.25, 0.3) is 11.8 Å². The van der Waals surface area contributed by atoms with Crippen molar-refractivity contribution >= 4 is 11.8 Å². The summed E-state index contributed by atoms with van der Waals surface area (Å²) in [5.74, 6) is -0.206. The van der Waals surface area contributed by atoms with E-state index >= 15 is 0 Å². The van der Waals surface area contributed by atoms with E-state index in [1.807, 2.05) is 0 Å². The molecule has 0 radical (unpaired) electrons. The highest BCUT2D eigenvalue weighted by Crippen LogP contribution is 2.11. The van der Waals surface area contributed by atoms with Crippen molar-refractivity contribution in [3.8, 4) is 0 Å². The summed E-state index contributed by atoms with van der Waals surface area (Å²) in [6, 6.07) is 7.16. The van der Waals surface area contributed by atoms with Crippen LogP contribution in [0.25, 0.3) is 0 Å². The third-order valence-electron chi connectivity index (χ3n) is 3.86. The van der Waals surface area contributed by atoms with Crippen molar-refractivity contribution in [2.75, 3.05) is 19.6 Å². The van der Waals surface area contributed by atoms with Crippen LogP contribution in [0.4, 0.5) is 0 Å². The lowest BCUT2D eigenvalue weighted by atomic mass is 9.97. The minimum atomic E-state index is -0.109. The van der Waals surface area contributed by atoms with E-state index in [9.17, 15) is 9.59 Å². The van der Waals surface area contributed by atoms with Crippen LogP contribution in [0.3, 0.4) is 0 Å². The Kier molecular flexibility index (Phi) is 5.77. The number of nitrogens with one attached hydrogen (secondary N) is 3. The number of benzene rings is 1. The molecule has 5 heteroatoms. The zero-order chi connectivity index (χ0) is 16.9. The van der Waals surface area contributed by atoms with Crippen LogP contribution in [0.2, 0.25) is 0 Å². The highest BCUT2D eigenvalue weighted by Gasteiger charge is 2.16. The Hall–Kier alpha value is -1.88. The van der Waals surface area contributed by atoms with Gasteiger partial charge in [-0.3, -0.25) is 9.59 Å². The highest BCUT2D eigenvalue weighted by molar-refractivity contribution is 5.97. The molecule has 0 aromatic heterocycles. The normalized spacial score (nSPS) is 17.8. The third-order valence-corrected chi connectivity index (χ3v) is 3.86. The number of amides is 2. The van der Waals surface area contributed by atoms with Crippen LogP contribution in [-0.2, 0) is 0 Å². The molecule has 1 fully saturated rings. The Bertz CT molecular complexity index is 540. The molecule has 5 nitrogen and oxygen atoms in total. The van der Waals surface area contributed by atoms with E-state index in [1.54, 1.807) is 24.3 Å². The summed E-state index contributed by atoms with van der Waals surface area (Å²) in [4.78, 5) is 24.2. The van der Waals surface area contributed by atoms with E-state index in [1.165, 1.54) is 6.42 Å². The number of carbonyl (C=O) groups is 2. The van der Waals surface area contributed by atoms with Crippen LogP contribution in [0.5, 0.6) is 0 Å². The molecule has 1 heterocycles. The lowest BCUT2D eigenvalue weighted by Crippen LogP contribution is -2.37. The molecule has 0 spiro atoms. The van der Waals surface area contributed by atoms with Gasteiger partial charge in [0.1, 0.15) is 0 Å². The van der Waals surface area contributed by atoms with Crippen LogP contribution in [-0.4, -0.2) is 37.5 Å². The van der Waals surface area contributed by atoms with Crippen LogP contribution in [0.15, 0.2) is 24.3 Å². The summed E-state index contributed by atoms with van der Waals surface area (Å²) in [7, 11) is 0. The Labute approximate surface area is 138 Å². The number of carbonyl (C=O) groups excluding carboxylic acids is 2. The van der Waals surface area contributed by atoms with E-state index in [4.69, 9.17) is 0 Å². The molecule has 126 valence electrons. The van der Waals surface area contributed by atoms with Crippen LogP contribution in [0.1, 0.15) is 54.3 Å². The van der Waals surface area contributed by atoms with Crippen molar-refractivity contribution in [1.82, 2.24) is 16.0 Å². The maximum atomic E-state index is 12.1. The van der Waals surface area contributed by atoms with Gasteiger partial charge in [0, 0.05) is 30.3 Å². The van der Waals surface area contributed by atoms with Gasteiger partial charge in [-0.25, -0.2) is 0 Å². The SMILES string of the molecule is CC(C)(C)CNC(=O)c1ccc(C(=O)NCC2CCCN2)cc1. The van der Waals surface area contributed by atoms with Gasteiger partial charge in [-0.05, 0) is 49.1 Å². The number of rotatable bonds is 5. The number of hydrogen-bond donors (Lipinski definition) is 3. The molecule has 1 aromatic carbocycles. The average Bonchev–Trinajstić information content (AvgIpc) is 3.03. The largest absolute Gasteiger partial charge is 0.352 e. The Balaban J connectivity index is 1.85. The summed E-state index contributed by atoms with van der Waals surface area (Å²) < 4.78 is 0. The molecular weight excluding hydrogens is 290 g/mol. The van der Waals surface area contributed by atoms with E-state index in [0.29, 0.717) is 30.3 Å². The fourth-order valence-corrected chi connectivity index (χ4v) is 2.47. The van der Waals surface area contributed by atoms with Crippen LogP contribution < -0.4 is 16.0 Å². The molecule has 0 saturated carbocycles. The van der Waals surface area contributed by atoms with Gasteiger partial charge >= 0.3 is 0 Å². The van der Waals surface area contributed by atoms with E-state index < -0.39 is 0 Å². The second-order valence-electron chi connectivity index (χ2n) is 7.32. The summed E-state index contributed by atoms with van der Waals surface area (Å²) >= 11 is 0. The maximum Gasteiger partial charge on any atom is 0.251 e. The molecule has 0 bridgehead atoms.